The number of carbonyl (C=O) groups excluding carboxylic acids is 1. The molecule has 190 valence electrons. The Morgan fingerprint density at radius 1 is 1.03 bits per heavy atom. The van der Waals surface area contributed by atoms with E-state index < -0.39 is 21.5 Å². The van der Waals surface area contributed by atoms with Crippen LogP contribution in [0.1, 0.15) is 50.3 Å². The summed E-state index contributed by atoms with van der Waals surface area (Å²) in [6, 6.07) is 20.5. The van der Waals surface area contributed by atoms with Gasteiger partial charge in [-0.2, -0.15) is 0 Å². The van der Waals surface area contributed by atoms with Crippen molar-refractivity contribution in [1.82, 2.24) is 5.32 Å². The van der Waals surface area contributed by atoms with Crippen molar-refractivity contribution < 1.29 is 17.9 Å². The van der Waals surface area contributed by atoms with Crippen LogP contribution in [0.25, 0.3) is 0 Å². The van der Waals surface area contributed by atoms with Crippen molar-refractivity contribution in [2.45, 2.75) is 56.6 Å². The minimum absolute atomic E-state index is 0.101. The number of halogens is 1. The molecule has 0 fully saturated rings. The maximum atomic E-state index is 13.7. The van der Waals surface area contributed by atoms with Crippen molar-refractivity contribution in [2.24, 2.45) is 0 Å². The Kier molecular flexibility index (Phi) is 7.62. The molecule has 4 rings (SSSR count). The molecule has 0 aromatic heterocycles. The van der Waals surface area contributed by atoms with Crippen molar-refractivity contribution in [2.75, 3.05) is 10.8 Å². The molecule has 1 amide bonds. The van der Waals surface area contributed by atoms with Crippen LogP contribution in [-0.4, -0.2) is 26.5 Å². The van der Waals surface area contributed by atoms with Crippen LogP contribution in [0.15, 0.2) is 77.7 Å². The van der Waals surface area contributed by atoms with E-state index in [1.807, 2.05) is 24.3 Å². The fourth-order valence-electron chi connectivity index (χ4n) is 4.69. The lowest BCUT2D eigenvalue weighted by atomic mass is 9.83. The fourth-order valence-corrected chi connectivity index (χ4v) is 6.36. The van der Waals surface area contributed by atoms with Crippen LogP contribution >= 0.6 is 11.6 Å². The van der Waals surface area contributed by atoms with Crippen molar-refractivity contribution in [3.8, 4) is 5.75 Å². The summed E-state index contributed by atoms with van der Waals surface area (Å²) in [5.41, 5.74) is 1.44. The summed E-state index contributed by atoms with van der Waals surface area (Å²) in [6.07, 6.45) is 2.19. The highest BCUT2D eigenvalue weighted by molar-refractivity contribution is 7.92. The zero-order chi connectivity index (χ0) is 25.9. The first-order chi connectivity index (χ1) is 17.2. The number of ether oxygens (including phenoxy) is 1. The molecular weight excluding hydrogens is 496 g/mol. The standard InChI is InChI=1S/C28H31ClN2O4S/c1-4-28(5-2)18-24(22-14-9-10-17-26(22)35-28)30-27(32)19-31(25-16-11-15-23(29)20(25)3)36(33,34)21-12-7-6-8-13-21/h6-17,24H,4-5,18-19H2,1-3H3,(H,30,32)/t24-/m0/s1. The largest absolute Gasteiger partial charge is 0.487 e. The highest BCUT2D eigenvalue weighted by Crippen LogP contribution is 2.42. The zero-order valence-corrected chi connectivity index (χ0v) is 22.3. The molecule has 1 heterocycles. The van der Waals surface area contributed by atoms with Gasteiger partial charge in [0.05, 0.1) is 16.6 Å². The van der Waals surface area contributed by atoms with Gasteiger partial charge in [-0.3, -0.25) is 9.10 Å². The number of carbonyl (C=O) groups is 1. The molecule has 1 N–H and O–H groups in total. The molecule has 0 bridgehead atoms. The average Bonchev–Trinajstić information content (AvgIpc) is 2.89. The van der Waals surface area contributed by atoms with Gasteiger partial charge in [-0.1, -0.05) is 67.9 Å². The summed E-state index contributed by atoms with van der Waals surface area (Å²) in [7, 11) is -4.03. The fraction of sp³-hybridized carbons (Fsp3) is 0.321. The van der Waals surface area contributed by atoms with Crippen LogP contribution in [0.3, 0.4) is 0 Å². The molecule has 0 radical (unpaired) electrons. The number of hydrogen-bond acceptors (Lipinski definition) is 4. The van der Waals surface area contributed by atoms with Gasteiger partial charge >= 0.3 is 0 Å². The van der Waals surface area contributed by atoms with E-state index in [2.05, 4.69) is 19.2 Å². The van der Waals surface area contributed by atoms with E-state index in [0.29, 0.717) is 22.7 Å². The molecule has 0 spiro atoms. The van der Waals surface area contributed by atoms with E-state index in [-0.39, 0.29) is 17.5 Å². The summed E-state index contributed by atoms with van der Waals surface area (Å²) in [5.74, 6) is 0.342. The number of hydrogen-bond donors (Lipinski definition) is 1. The first kappa shape index (κ1) is 26.0. The van der Waals surface area contributed by atoms with Crippen LogP contribution in [0.2, 0.25) is 5.02 Å². The SMILES string of the molecule is CCC1(CC)C[C@H](NC(=O)CN(c2cccc(Cl)c2C)S(=O)(=O)c2ccccc2)c2ccccc2O1. The highest BCUT2D eigenvalue weighted by atomic mass is 35.5. The normalized spacial score (nSPS) is 16.5. The molecule has 36 heavy (non-hydrogen) atoms. The number of nitrogens with one attached hydrogen (secondary N) is 1. The van der Waals surface area contributed by atoms with Gasteiger partial charge in [-0.15, -0.1) is 0 Å². The van der Waals surface area contributed by atoms with Gasteiger partial charge in [0.1, 0.15) is 17.9 Å². The first-order valence-corrected chi connectivity index (χ1v) is 13.9. The maximum Gasteiger partial charge on any atom is 0.264 e. The number of rotatable bonds is 8. The van der Waals surface area contributed by atoms with E-state index in [4.69, 9.17) is 16.3 Å². The second-order valence-electron chi connectivity index (χ2n) is 9.06. The Morgan fingerprint density at radius 3 is 2.39 bits per heavy atom. The maximum absolute atomic E-state index is 13.7. The third kappa shape index (κ3) is 5.08. The third-order valence-electron chi connectivity index (χ3n) is 6.95. The molecule has 0 unspecified atom stereocenters. The van der Waals surface area contributed by atoms with Crippen LogP contribution in [-0.2, 0) is 14.8 Å². The van der Waals surface area contributed by atoms with Crippen LogP contribution < -0.4 is 14.4 Å². The molecule has 1 aliphatic rings. The number of anilines is 1. The molecule has 1 aliphatic heterocycles. The predicted molar refractivity (Wildman–Crippen MR) is 143 cm³/mol. The summed E-state index contributed by atoms with van der Waals surface area (Å²) < 4.78 is 34.9. The molecule has 1 atom stereocenters. The van der Waals surface area contributed by atoms with Gasteiger partial charge in [-0.25, -0.2) is 8.42 Å². The molecular formula is C28H31ClN2O4S. The number of nitrogens with zero attached hydrogens (tertiary/aromatic N) is 1. The quantitative estimate of drug-likeness (QED) is 0.388. The average molecular weight is 527 g/mol. The minimum atomic E-state index is -4.03. The molecule has 6 nitrogen and oxygen atoms in total. The van der Waals surface area contributed by atoms with E-state index in [0.717, 1.165) is 28.5 Å². The molecule has 0 aliphatic carbocycles. The van der Waals surface area contributed by atoms with Gasteiger partial charge in [0.25, 0.3) is 10.0 Å². The van der Waals surface area contributed by atoms with Gasteiger partial charge in [0.15, 0.2) is 0 Å². The Morgan fingerprint density at radius 2 is 1.69 bits per heavy atom. The second-order valence-corrected chi connectivity index (χ2v) is 11.3. The predicted octanol–water partition coefficient (Wildman–Crippen LogP) is 6.04. The van der Waals surface area contributed by atoms with Crippen LogP contribution in [0.5, 0.6) is 5.75 Å². The van der Waals surface area contributed by atoms with E-state index in [9.17, 15) is 13.2 Å². The van der Waals surface area contributed by atoms with Gasteiger partial charge in [0.2, 0.25) is 5.91 Å². The molecule has 3 aromatic carbocycles. The van der Waals surface area contributed by atoms with Crippen LogP contribution in [0, 0.1) is 6.92 Å². The number of amides is 1. The monoisotopic (exact) mass is 526 g/mol. The smallest absolute Gasteiger partial charge is 0.264 e. The number of sulfonamides is 1. The Hall–Kier alpha value is -3.03. The first-order valence-electron chi connectivity index (χ1n) is 12.1. The lowest BCUT2D eigenvalue weighted by Gasteiger charge is -2.41. The van der Waals surface area contributed by atoms with Crippen molar-refractivity contribution in [3.63, 3.8) is 0 Å². The van der Waals surface area contributed by atoms with Gasteiger partial charge in [0, 0.05) is 17.0 Å². The highest BCUT2D eigenvalue weighted by Gasteiger charge is 2.39. The van der Waals surface area contributed by atoms with E-state index in [1.54, 1.807) is 43.3 Å². The topological polar surface area (TPSA) is 75.7 Å². The summed E-state index contributed by atoms with van der Waals surface area (Å²) in [6.45, 7) is 5.51. The zero-order valence-electron chi connectivity index (χ0n) is 20.7. The third-order valence-corrected chi connectivity index (χ3v) is 9.13. The number of para-hydroxylation sites is 1. The van der Waals surface area contributed by atoms with Crippen molar-refractivity contribution in [1.29, 1.82) is 0 Å². The van der Waals surface area contributed by atoms with Crippen molar-refractivity contribution >= 4 is 33.2 Å². The Balaban J connectivity index is 1.68. The lowest BCUT2D eigenvalue weighted by Crippen LogP contribution is -2.47. The summed E-state index contributed by atoms with van der Waals surface area (Å²) in [5, 5.41) is 3.52. The lowest BCUT2D eigenvalue weighted by molar-refractivity contribution is -0.121. The number of fused-ring (bicyclic) bond motifs is 1. The summed E-state index contributed by atoms with van der Waals surface area (Å²) >= 11 is 6.33. The molecule has 0 saturated carbocycles. The minimum Gasteiger partial charge on any atom is -0.487 e. The second kappa shape index (κ2) is 10.5. The van der Waals surface area contributed by atoms with E-state index in [1.165, 1.54) is 12.1 Å². The van der Waals surface area contributed by atoms with E-state index >= 15 is 0 Å². The Labute approximate surface area is 218 Å². The van der Waals surface area contributed by atoms with Gasteiger partial charge < -0.3 is 10.1 Å². The summed E-state index contributed by atoms with van der Waals surface area (Å²) in [4.78, 5) is 13.6. The van der Waals surface area contributed by atoms with Crippen LogP contribution in [0.4, 0.5) is 5.69 Å². The Bertz CT molecular complexity index is 1340. The molecule has 3 aromatic rings. The number of benzene rings is 3. The molecule has 8 heteroatoms. The van der Waals surface area contributed by atoms with Gasteiger partial charge in [-0.05, 0) is 55.7 Å². The van der Waals surface area contributed by atoms with Crippen molar-refractivity contribution in [3.05, 3.63) is 88.9 Å². The molecule has 0 saturated heterocycles.